The molecule has 0 aromatic carbocycles. The highest BCUT2D eigenvalue weighted by Gasteiger charge is 1.82. The largest absolute Gasteiger partial charge is 0.513 e. The Kier molecular flexibility index (Phi) is 2.99. The third kappa shape index (κ3) is 4.42. The third-order valence-corrected chi connectivity index (χ3v) is 0.607. The van der Waals surface area contributed by atoms with Crippen molar-refractivity contribution in [2.45, 2.75) is 6.92 Å². The second kappa shape index (κ2) is 3.56. The van der Waals surface area contributed by atoms with Gasteiger partial charge in [0.25, 0.3) is 0 Å². The molecule has 0 fully saturated rings. The summed E-state index contributed by atoms with van der Waals surface area (Å²) in [5, 5.41) is 16.6. The summed E-state index contributed by atoms with van der Waals surface area (Å²) >= 11 is 0. The van der Waals surface area contributed by atoms with Crippen molar-refractivity contribution in [2.75, 3.05) is 0 Å². The molecular weight excluding hydrogens is 116 g/mol. The number of aliphatic hydroxyl groups excluding tert-OH is 1. The van der Waals surface area contributed by atoms with E-state index >= 15 is 0 Å². The molecule has 0 heterocycles. The number of allylic oxidation sites excluding steroid dienone is 3. The van der Waals surface area contributed by atoms with Crippen LogP contribution in [0.3, 0.4) is 0 Å². The Morgan fingerprint density at radius 3 is 2.67 bits per heavy atom. The monoisotopic (exact) mass is 124 g/mol. The van der Waals surface area contributed by atoms with E-state index in [1.54, 1.807) is 6.07 Å². The minimum atomic E-state index is 0.0963. The van der Waals surface area contributed by atoms with Gasteiger partial charge in [0, 0.05) is 11.8 Å². The van der Waals surface area contributed by atoms with Crippen molar-refractivity contribution in [3.63, 3.8) is 0 Å². The predicted octanol–water partition coefficient (Wildman–Crippen LogP) is 0.814. The van der Waals surface area contributed by atoms with Gasteiger partial charge in [-0.1, -0.05) is 0 Å². The van der Waals surface area contributed by atoms with Gasteiger partial charge in [-0.05, 0) is 13.0 Å². The van der Waals surface area contributed by atoms with Crippen molar-refractivity contribution >= 4 is 0 Å². The van der Waals surface area contributed by atoms with Crippen molar-refractivity contribution in [3.8, 4) is 6.07 Å². The molecule has 0 saturated carbocycles. The van der Waals surface area contributed by atoms with Crippen molar-refractivity contribution in [1.29, 1.82) is 5.26 Å². The van der Waals surface area contributed by atoms with Crippen LogP contribution in [0.15, 0.2) is 23.6 Å². The molecule has 3 heteroatoms. The molecule has 0 amide bonds. The van der Waals surface area contributed by atoms with Crippen LogP contribution in [0, 0.1) is 11.3 Å². The Balaban J connectivity index is 4.11. The van der Waals surface area contributed by atoms with Gasteiger partial charge >= 0.3 is 0 Å². The summed E-state index contributed by atoms with van der Waals surface area (Å²) in [6, 6.07) is 1.73. The van der Waals surface area contributed by atoms with E-state index in [2.05, 4.69) is 0 Å². The van der Waals surface area contributed by atoms with Crippen LogP contribution in [-0.4, -0.2) is 5.11 Å². The zero-order chi connectivity index (χ0) is 7.28. The van der Waals surface area contributed by atoms with Crippen LogP contribution in [0.2, 0.25) is 0 Å². The van der Waals surface area contributed by atoms with E-state index in [1.165, 1.54) is 13.0 Å². The van der Waals surface area contributed by atoms with Crippen molar-refractivity contribution < 1.29 is 5.11 Å². The Morgan fingerprint density at radius 1 is 1.78 bits per heavy atom. The molecular formula is C6H8N2O. The summed E-state index contributed by atoms with van der Waals surface area (Å²) in [6.45, 7) is 1.48. The van der Waals surface area contributed by atoms with Gasteiger partial charge in [0.05, 0.1) is 11.8 Å². The highest BCUT2D eigenvalue weighted by Crippen LogP contribution is 1.90. The highest BCUT2D eigenvalue weighted by molar-refractivity contribution is 5.22. The first kappa shape index (κ1) is 7.57. The summed E-state index contributed by atoms with van der Waals surface area (Å²) in [7, 11) is 0. The summed E-state index contributed by atoms with van der Waals surface area (Å²) in [5.74, 6) is 0.0963. The van der Waals surface area contributed by atoms with Crippen LogP contribution in [0.4, 0.5) is 0 Å². The summed E-state index contributed by atoms with van der Waals surface area (Å²) in [4.78, 5) is 0. The van der Waals surface area contributed by atoms with E-state index in [0.717, 1.165) is 6.08 Å². The van der Waals surface area contributed by atoms with Gasteiger partial charge in [-0.2, -0.15) is 5.26 Å². The number of hydrogen-bond donors (Lipinski definition) is 2. The van der Waals surface area contributed by atoms with Crippen LogP contribution < -0.4 is 5.73 Å². The molecule has 3 N–H and O–H groups in total. The minimum absolute atomic E-state index is 0.0963. The second-order valence-corrected chi connectivity index (χ2v) is 1.56. The summed E-state index contributed by atoms with van der Waals surface area (Å²) in [5.41, 5.74) is 5.45. The number of nitrogens with zero attached hydrogens (tertiary/aromatic N) is 1. The normalized spacial score (nSPS) is 12.9. The Labute approximate surface area is 53.7 Å². The number of aliphatic hydroxyl groups is 1. The number of nitriles is 1. The maximum atomic E-state index is 8.58. The predicted molar refractivity (Wildman–Crippen MR) is 34.3 cm³/mol. The molecule has 0 bridgehead atoms. The van der Waals surface area contributed by atoms with E-state index in [-0.39, 0.29) is 11.5 Å². The Bertz CT molecular complexity index is 182. The van der Waals surface area contributed by atoms with Gasteiger partial charge < -0.3 is 10.8 Å². The molecule has 0 aliphatic carbocycles. The molecule has 0 aromatic heterocycles. The van der Waals surface area contributed by atoms with E-state index in [1.807, 2.05) is 0 Å². The molecule has 0 atom stereocenters. The van der Waals surface area contributed by atoms with Crippen LogP contribution in [0.1, 0.15) is 6.92 Å². The minimum Gasteiger partial charge on any atom is -0.513 e. The molecule has 3 nitrogen and oxygen atoms in total. The molecule has 0 radical (unpaired) electrons. The first-order valence-electron chi connectivity index (χ1n) is 2.39. The Hall–Kier alpha value is -1.43. The molecule has 0 spiro atoms. The molecule has 0 saturated heterocycles. The van der Waals surface area contributed by atoms with E-state index in [0.29, 0.717) is 0 Å². The third-order valence-electron chi connectivity index (χ3n) is 0.607. The van der Waals surface area contributed by atoms with Crippen molar-refractivity contribution in [2.24, 2.45) is 5.73 Å². The lowest BCUT2D eigenvalue weighted by atomic mass is 10.3. The molecule has 0 aliphatic rings. The fraction of sp³-hybridized carbons (Fsp3) is 0.167. The average molecular weight is 124 g/mol. The lowest BCUT2D eigenvalue weighted by Gasteiger charge is -1.87. The van der Waals surface area contributed by atoms with Crippen molar-refractivity contribution in [1.82, 2.24) is 0 Å². The molecule has 9 heavy (non-hydrogen) atoms. The highest BCUT2D eigenvalue weighted by atomic mass is 16.3. The first-order valence-corrected chi connectivity index (χ1v) is 2.39. The molecule has 0 rings (SSSR count). The molecule has 0 aliphatic heterocycles. The fourth-order valence-electron chi connectivity index (χ4n) is 0.357. The molecule has 0 aromatic rings. The molecule has 48 valence electrons. The molecule has 0 unspecified atom stereocenters. The SMILES string of the molecule is C/C(O)=C\C(N)=C/C#N. The average Bonchev–Trinajstić information content (AvgIpc) is 1.63. The lowest BCUT2D eigenvalue weighted by molar-refractivity contribution is 0.414. The maximum Gasteiger partial charge on any atom is 0.0933 e. The van der Waals surface area contributed by atoms with Crippen LogP contribution in [0.25, 0.3) is 0 Å². The van der Waals surface area contributed by atoms with Gasteiger partial charge in [0.2, 0.25) is 0 Å². The van der Waals surface area contributed by atoms with E-state index < -0.39 is 0 Å². The number of rotatable bonds is 1. The van der Waals surface area contributed by atoms with Crippen molar-refractivity contribution in [3.05, 3.63) is 23.6 Å². The topological polar surface area (TPSA) is 70.0 Å². The smallest absolute Gasteiger partial charge is 0.0933 e. The van der Waals surface area contributed by atoms with Gasteiger partial charge in [-0.15, -0.1) is 0 Å². The van der Waals surface area contributed by atoms with Gasteiger partial charge in [0.15, 0.2) is 0 Å². The second-order valence-electron chi connectivity index (χ2n) is 1.56. The van der Waals surface area contributed by atoms with E-state index in [9.17, 15) is 0 Å². The lowest BCUT2D eigenvalue weighted by Crippen LogP contribution is -1.92. The first-order chi connectivity index (χ1) is 4.16. The zero-order valence-electron chi connectivity index (χ0n) is 5.13. The fourth-order valence-corrected chi connectivity index (χ4v) is 0.357. The number of nitrogens with two attached hydrogens (primary N) is 1. The standard InChI is InChI=1S/C6H8N2O/c1-5(9)4-6(8)2-3-7/h2,4,9H,8H2,1H3/b5-4+,6-2+. The quantitative estimate of drug-likeness (QED) is 0.309. The zero-order valence-corrected chi connectivity index (χ0v) is 5.13. The van der Waals surface area contributed by atoms with Gasteiger partial charge in [-0.25, -0.2) is 0 Å². The van der Waals surface area contributed by atoms with Crippen LogP contribution in [0.5, 0.6) is 0 Å². The number of hydrogen-bond acceptors (Lipinski definition) is 3. The summed E-state index contributed by atoms with van der Waals surface area (Å²) < 4.78 is 0. The van der Waals surface area contributed by atoms with Crippen LogP contribution in [-0.2, 0) is 0 Å². The van der Waals surface area contributed by atoms with Gasteiger partial charge in [0.1, 0.15) is 0 Å². The van der Waals surface area contributed by atoms with Crippen LogP contribution >= 0.6 is 0 Å². The van der Waals surface area contributed by atoms with Gasteiger partial charge in [-0.3, -0.25) is 0 Å². The maximum absolute atomic E-state index is 8.58. The van der Waals surface area contributed by atoms with E-state index in [4.69, 9.17) is 16.1 Å². The Morgan fingerprint density at radius 2 is 2.33 bits per heavy atom. The summed E-state index contributed by atoms with van der Waals surface area (Å²) in [6.07, 6.45) is 2.46.